The normalized spacial score (nSPS) is 12.3. The summed E-state index contributed by atoms with van der Waals surface area (Å²) in [6.07, 6.45) is 0. The van der Waals surface area contributed by atoms with Gasteiger partial charge in [0, 0.05) is 11.1 Å². The molecule has 0 bridgehead atoms. The van der Waals surface area contributed by atoms with Gasteiger partial charge in [0.15, 0.2) is 0 Å². The van der Waals surface area contributed by atoms with Gasteiger partial charge in [-0.3, -0.25) is 0 Å². The van der Waals surface area contributed by atoms with Gasteiger partial charge in [-0.15, -0.1) is 11.3 Å². The Morgan fingerprint density at radius 2 is 1.62 bits per heavy atom. The molecule has 0 aliphatic rings. The summed E-state index contributed by atoms with van der Waals surface area (Å²) in [5.41, 5.74) is 0.405. The fraction of sp³-hybridized carbons (Fsp3) is 0. The molecule has 0 atom stereocenters. The molecular formula is C17H11ClFNO2S2. The molecule has 3 aromatic rings. The van der Waals surface area contributed by atoms with Gasteiger partial charge in [-0.25, -0.2) is 4.39 Å². The van der Waals surface area contributed by atoms with E-state index in [2.05, 4.69) is 4.40 Å². The average Bonchev–Trinajstić information content (AvgIpc) is 3.10. The molecule has 0 saturated carbocycles. The maximum atomic E-state index is 14.3. The Bertz CT molecular complexity index is 951. The van der Waals surface area contributed by atoms with Crippen LogP contribution in [0.4, 0.5) is 4.39 Å². The molecule has 7 heteroatoms. The lowest BCUT2D eigenvalue weighted by molar-refractivity contribution is 0.600. The first kappa shape index (κ1) is 16.8. The van der Waals surface area contributed by atoms with Crippen molar-refractivity contribution in [1.29, 1.82) is 0 Å². The minimum absolute atomic E-state index is 0.0212. The van der Waals surface area contributed by atoms with Gasteiger partial charge < -0.3 is 0 Å². The van der Waals surface area contributed by atoms with E-state index in [0.29, 0.717) is 10.6 Å². The summed E-state index contributed by atoms with van der Waals surface area (Å²) >= 11 is 7.23. The molecule has 0 radical (unpaired) electrons. The minimum Gasteiger partial charge on any atom is -0.206 e. The number of hydrogen-bond acceptors (Lipinski definition) is 3. The van der Waals surface area contributed by atoms with Crippen LogP contribution in [-0.2, 0) is 10.0 Å². The summed E-state index contributed by atoms with van der Waals surface area (Å²) in [6, 6.07) is 15.5. The molecular weight excluding hydrogens is 369 g/mol. The molecule has 0 spiro atoms. The third-order valence-electron chi connectivity index (χ3n) is 3.22. The van der Waals surface area contributed by atoms with Crippen LogP contribution in [0, 0.1) is 5.82 Å². The van der Waals surface area contributed by atoms with Gasteiger partial charge in [0.2, 0.25) is 0 Å². The van der Waals surface area contributed by atoms with Crippen molar-refractivity contribution in [1.82, 2.24) is 0 Å². The summed E-state index contributed by atoms with van der Waals surface area (Å²) in [6.45, 7) is 0. The van der Waals surface area contributed by atoms with Crippen molar-refractivity contribution < 1.29 is 12.8 Å². The van der Waals surface area contributed by atoms with E-state index in [4.69, 9.17) is 11.6 Å². The lowest BCUT2D eigenvalue weighted by Gasteiger charge is -2.10. The number of benzene rings is 2. The number of sulfonamides is 1. The predicted octanol–water partition coefficient (Wildman–Crippen LogP) is 4.77. The second kappa shape index (κ2) is 6.84. The van der Waals surface area contributed by atoms with Crippen LogP contribution in [0.3, 0.4) is 0 Å². The highest BCUT2D eigenvalue weighted by Crippen LogP contribution is 2.25. The summed E-state index contributed by atoms with van der Waals surface area (Å²) in [5.74, 6) is -0.572. The van der Waals surface area contributed by atoms with E-state index in [-0.39, 0.29) is 15.5 Å². The second-order valence-electron chi connectivity index (χ2n) is 4.81. The van der Waals surface area contributed by atoms with Crippen molar-refractivity contribution in [2.24, 2.45) is 4.40 Å². The van der Waals surface area contributed by atoms with Crippen LogP contribution >= 0.6 is 22.9 Å². The fourth-order valence-electron chi connectivity index (χ4n) is 2.13. The van der Waals surface area contributed by atoms with Crippen LogP contribution in [0.2, 0.25) is 5.02 Å². The Balaban J connectivity index is 2.26. The number of hydrogen-bond donors (Lipinski definition) is 0. The molecule has 24 heavy (non-hydrogen) atoms. The Morgan fingerprint density at radius 1 is 0.958 bits per heavy atom. The van der Waals surface area contributed by atoms with Crippen molar-refractivity contribution >= 4 is 38.7 Å². The van der Waals surface area contributed by atoms with Crippen molar-refractivity contribution in [3.63, 3.8) is 0 Å². The molecule has 0 N–H and O–H groups in total. The van der Waals surface area contributed by atoms with Gasteiger partial charge in [0.05, 0.1) is 10.7 Å². The molecule has 1 heterocycles. The van der Waals surface area contributed by atoms with Crippen LogP contribution < -0.4 is 0 Å². The van der Waals surface area contributed by atoms with E-state index >= 15 is 0 Å². The first-order valence-electron chi connectivity index (χ1n) is 6.87. The predicted molar refractivity (Wildman–Crippen MR) is 95.0 cm³/mol. The molecule has 3 rings (SSSR count). The standard InChI is InChI=1S/C17H11ClFNO2S2/c18-14-8-3-1-6-12(14)17(13-7-2-4-9-15(13)19)20-24(21,22)16-10-5-11-23-16/h1-11H. The first-order chi connectivity index (χ1) is 11.5. The fourth-order valence-corrected chi connectivity index (χ4v) is 4.34. The molecule has 0 aliphatic heterocycles. The van der Waals surface area contributed by atoms with Crippen LogP contribution in [0.1, 0.15) is 11.1 Å². The zero-order valence-corrected chi connectivity index (χ0v) is 14.6. The molecule has 0 saturated heterocycles. The Morgan fingerprint density at radius 3 is 2.25 bits per heavy atom. The van der Waals surface area contributed by atoms with E-state index in [0.717, 1.165) is 11.3 Å². The highest BCUT2D eigenvalue weighted by atomic mass is 35.5. The van der Waals surface area contributed by atoms with E-state index < -0.39 is 15.8 Å². The molecule has 122 valence electrons. The number of thiophene rings is 1. The smallest absolute Gasteiger partial charge is 0.206 e. The van der Waals surface area contributed by atoms with Gasteiger partial charge in [-0.05, 0) is 29.6 Å². The Labute approximate surface area is 148 Å². The first-order valence-corrected chi connectivity index (χ1v) is 9.57. The molecule has 2 aromatic carbocycles. The van der Waals surface area contributed by atoms with Gasteiger partial charge in [0.25, 0.3) is 10.0 Å². The van der Waals surface area contributed by atoms with Crippen LogP contribution in [-0.4, -0.2) is 14.1 Å². The zero-order valence-electron chi connectivity index (χ0n) is 12.2. The van der Waals surface area contributed by atoms with Gasteiger partial charge in [-0.2, -0.15) is 12.8 Å². The topological polar surface area (TPSA) is 46.5 Å². The minimum atomic E-state index is -3.96. The van der Waals surface area contributed by atoms with Crippen molar-refractivity contribution in [3.8, 4) is 0 Å². The summed E-state index contributed by atoms with van der Waals surface area (Å²) in [7, 11) is -3.96. The van der Waals surface area contributed by atoms with Crippen LogP contribution in [0.15, 0.2) is 74.7 Å². The van der Waals surface area contributed by atoms with Gasteiger partial charge in [0.1, 0.15) is 10.0 Å². The lowest BCUT2D eigenvalue weighted by Crippen LogP contribution is -2.10. The van der Waals surface area contributed by atoms with E-state index in [1.165, 1.54) is 24.3 Å². The van der Waals surface area contributed by atoms with Crippen molar-refractivity contribution in [2.45, 2.75) is 4.21 Å². The maximum Gasteiger partial charge on any atom is 0.292 e. The monoisotopic (exact) mass is 379 g/mol. The summed E-state index contributed by atoms with van der Waals surface area (Å²) in [5, 5.41) is 1.93. The highest BCUT2D eigenvalue weighted by Gasteiger charge is 2.20. The maximum absolute atomic E-state index is 14.3. The van der Waals surface area contributed by atoms with E-state index in [1.54, 1.807) is 41.8 Å². The average molecular weight is 380 g/mol. The Hall–Kier alpha value is -2.02. The second-order valence-corrected chi connectivity index (χ2v) is 7.99. The van der Waals surface area contributed by atoms with E-state index in [9.17, 15) is 12.8 Å². The molecule has 3 nitrogen and oxygen atoms in total. The van der Waals surface area contributed by atoms with Gasteiger partial charge in [-0.1, -0.05) is 48.0 Å². The lowest BCUT2D eigenvalue weighted by atomic mass is 10.0. The quantitative estimate of drug-likeness (QED) is 0.613. The van der Waals surface area contributed by atoms with Crippen molar-refractivity contribution in [3.05, 3.63) is 88.0 Å². The van der Waals surface area contributed by atoms with Crippen LogP contribution in [0.5, 0.6) is 0 Å². The zero-order chi connectivity index (χ0) is 17.2. The van der Waals surface area contributed by atoms with Crippen molar-refractivity contribution in [2.75, 3.05) is 0 Å². The third-order valence-corrected chi connectivity index (χ3v) is 6.20. The molecule has 0 fully saturated rings. The number of halogens is 2. The largest absolute Gasteiger partial charge is 0.292 e. The molecule has 1 aromatic heterocycles. The van der Waals surface area contributed by atoms with Gasteiger partial charge >= 0.3 is 0 Å². The van der Waals surface area contributed by atoms with E-state index in [1.807, 2.05) is 0 Å². The Kier molecular flexibility index (Phi) is 4.80. The summed E-state index contributed by atoms with van der Waals surface area (Å²) in [4.78, 5) is 0. The molecule has 0 unspecified atom stereocenters. The highest BCUT2D eigenvalue weighted by molar-refractivity contribution is 7.92. The number of rotatable bonds is 4. The van der Waals surface area contributed by atoms with Crippen LogP contribution in [0.25, 0.3) is 0 Å². The summed E-state index contributed by atoms with van der Waals surface area (Å²) < 4.78 is 43.3. The number of nitrogens with zero attached hydrogens (tertiary/aromatic N) is 1. The SMILES string of the molecule is O=S(=O)(N=C(c1ccccc1F)c1ccccc1Cl)c1cccs1. The molecule has 0 aliphatic carbocycles. The third kappa shape index (κ3) is 3.40. The molecule has 0 amide bonds.